The minimum absolute atomic E-state index is 0.0987. The average Bonchev–Trinajstić information content (AvgIpc) is 2.32. The van der Waals surface area contributed by atoms with Gasteiger partial charge in [0, 0.05) is 12.6 Å². The number of piperidine rings is 1. The Morgan fingerprint density at radius 2 is 2.28 bits per heavy atom. The number of carbonyl (C=O) groups excluding carboxylic acids is 1. The zero-order valence-corrected chi connectivity index (χ0v) is 10.6. The number of likely N-dealkylation sites (tertiary alicyclic amines) is 1. The number of hydrogen-bond acceptors (Lipinski definition) is 4. The standard InChI is InChI=1S/C12H19N3O3/c1-9-7-10(12(17)18)3-6-15(9)8-11(16)14-5-2-4-13/h9-10H,2-3,5-8H2,1H3,(H,14,16)(H,17,18). The van der Waals surface area contributed by atoms with Gasteiger partial charge in [0.15, 0.2) is 0 Å². The molecular formula is C12H19N3O3. The third kappa shape index (κ3) is 4.34. The van der Waals surface area contributed by atoms with Gasteiger partial charge in [-0.2, -0.15) is 5.26 Å². The number of nitrogens with one attached hydrogen (secondary N) is 1. The van der Waals surface area contributed by atoms with Gasteiger partial charge >= 0.3 is 5.97 Å². The summed E-state index contributed by atoms with van der Waals surface area (Å²) >= 11 is 0. The minimum atomic E-state index is -0.750. The van der Waals surface area contributed by atoms with Gasteiger partial charge in [-0.1, -0.05) is 0 Å². The summed E-state index contributed by atoms with van der Waals surface area (Å²) in [5.41, 5.74) is 0. The summed E-state index contributed by atoms with van der Waals surface area (Å²) in [6.45, 7) is 3.22. The Bertz CT molecular complexity index is 351. The second kappa shape index (κ2) is 6.97. The lowest BCUT2D eigenvalue weighted by Gasteiger charge is -2.35. The number of carboxylic acid groups (broad SMARTS) is 1. The van der Waals surface area contributed by atoms with Crippen LogP contribution in [-0.2, 0) is 9.59 Å². The smallest absolute Gasteiger partial charge is 0.306 e. The molecule has 0 aromatic rings. The minimum Gasteiger partial charge on any atom is -0.481 e. The summed E-state index contributed by atoms with van der Waals surface area (Å²) < 4.78 is 0. The van der Waals surface area contributed by atoms with Gasteiger partial charge < -0.3 is 10.4 Å². The largest absolute Gasteiger partial charge is 0.481 e. The molecule has 1 fully saturated rings. The maximum atomic E-state index is 11.6. The van der Waals surface area contributed by atoms with Crippen LogP contribution in [0.4, 0.5) is 0 Å². The summed E-state index contributed by atoms with van der Waals surface area (Å²) in [6, 6.07) is 2.06. The van der Waals surface area contributed by atoms with E-state index < -0.39 is 5.97 Å². The van der Waals surface area contributed by atoms with E-state index in [1.165, 1.54) is 0 Å². The first-order chi connectivity index (χ1) is 8.54. The molecular weight excluding hydrogens is 234 g/mol. The maximum absolute atomic E-state index is 11.6. The van der Waals surface area contributed by atoms with E-state index in [1.54, 1.807) is 0 Å². The highest BCUT2D eigenvalue weighted by Gasteiger charge is 2.30. The molecule has 1 aliphatic heterocycles. The van der Waals surface area contributed by atoms with E-state index in [0.717, 1.165) is 0 Å². The predicted molar refractivity (Wildman–Crippen MR) is 64.6 cm³/mol. The molecule has 1 amide bonds. The molecule has 18 heavy (non-hydrogen) atoms. The Morgan fingerprint density at radius 1 is 1.56 bits per heavy atom. The van der Waals surface area contributed by atoms with Crippen LogP contribution in [-0.4, -0.2) is 47.6 Å². The van der Waals surface area contributed by atoms with Crippen molar-refractivity contribution in [2.45, 2.75) is 32.2 Å². The van der Waals surface area contributed by atoms with Crippen LogP contribution in [0.2, 0.25) is 0 Å². The number of amides is 1. The van der Waals surface area contributed by atoms with Gasteiger partial charge in [-0.25, -0.2) is 0 Å². The molecule has 0 spiro atoms. The average molecular weight is 253 g/mol. The van der Waals surface area contributed by atoms with Crippen molar-refractivity contribution in [1.82, 2.24) is 10.2 Å². The van der Waals surface area contributed by atoms with Crippen LogP contribution in [0.3, 0.4) is 0 Å². The predicted octanol–water partition coefficient (Wildman–Crippen LogP) is 0.201. The third-order valence-electron chi connectivity index (χ3n) is 3.27. The van der Waals surface area contributed by atoms with Crippen molar-refractivity contribution in [3.8, 4) is 6.07 Å². The molecule has 1 heterocycles. The summed E-state index contributed by atoms with van der Waals surface area (Å²) in [5.74, 6) is -1.15. The highest BCUT2D eigenvalue weighted by molar-refractivity contribution is 5.78. The highest BCUT2D eigenvalue weighted by Crippen LogP contribution is 2.22. The van der Waals surface area contributed by atoms with Crippen molar-refractivity contribution in [2.24, 2.45) is 5.92 Å². The fourth-order valence-electron chi connectivity index (χ4n) is 2.18. The molecule has 2 atom stereocenters. The molecule has 0 bridgehead atoms. The van der Waals surface area contributed by atoms with Gasteiger partial charge in [0.2, 0.25) is 5.91 Å². The first-order valence-corrected chi connectivity index (χ1v) is 6.15. The van der Waals surface area contributed by atoms with Crippen LogP contribution in [0, 0.1) is 17.2 Å². The molecule has 6 heteroatoms. The summed E-state index contributed by atoms with van der Waals surface area (Å²) in [4.78, 5) is 24.4. The van der Waals surface area contributed by atoms with Crippen LogP contribution < -0.4 is 5.32 Å². The molecule has 1 saturated heterocycles. The Labute approximate surface area is 107 Å². The highest BCUT2D eigenvalue weighted by atomic mass is 16.4. The first kappa shape index (κ1) is 14.5. The van der Waals surface area contributed by atoms with Gasteiger partial charge in [-0.15, -0.1) is 0 Å². The molecule has 0 radical (unpaired) electrons. The second-order valence-corrected chi connectivity index (χ2v) is 4.64. The summed E-state index contributed by atoms with van der Waals surface area (Å²) in [7, 11) is 0. The fourth-order valence-corrected chi connectivity index (χ4v) is 2.18. The Kier molecular flexibility index (Phi) is 5.59. The quantitative estimate of drug-likeness (QED) is 0.683. The van der Waals surface area contributed by atoms with Crippen molar-refractivity contribution in [3.05, 3.63) is 0 Å². The molecule has 2 unspecified atom stereocenters. The molecule has 2 N–H and O–H groups in total. The molecule has 0 aromatic carbocycles. The molecule has 1 aliphatic rings. The van der Waals surface area contributed by atoms with Crippen LogP contribution in [0.25, 0.3) is 0 Å². The number of hydrogen-bond donors (Lipinski definition) is 2. The molecule has 0 saturated carbocycles. The van der Waals surface area contributed by atoms with E-state index in [0.29, 0.717) is 32.4 Å². The van der Waals surface area contributed by atoms with E-state index >= 15 is 0 Å². The Balaban J connectivity index is 2.34. The van der Waals surface area contributed by atoms with Gasteiger partial charge in [0.05, 0.1) is 25.0 Å². The van der Waals surface area contributed by atoms with Crippen LogP contribution in [0.5, 0.6) is 0 Å². The molecule has 0 aromatic heterocycles. The lowest BCUT2D eigenvalue weighted by molar-refractivity contribution is -0.144. The van der Waals surface area contributed by atoms with Crippen molar-refractivity contribution in [1.29, 1.82) is 5.26 Å². The van der Waals surface area contributed by atoms with Crippen molar-refractivity contribution in [3.63, 3.8) is 0 Å². The lowest BCUT2D eigenvalue weighted by Crippen LogP contribution is -2.47. The van der Waals surface area contributed by atoms with Gasteiger partial charge in [-0.05, 0) is 26.3 Å². The van der Waals surface area contributed by atoms with Gasteiger partial charge in [0.25, 0.3) is 0 Å². The topological polar surface area (TPSA) is 93.4 Å². The normalized spacial score (nSPS) is 24.2. The van der Waals surface area contributed by atoms with Crippen molar-refractivity contribution in [2.75, 3.05) is 19.6 Å². The first-order valence-electron chi connectivity index (χ1n) is 6.15. The van der Waals surface area contributed by atoms with Crippen LogP contribution in [0.1, 0.15) is 26.2 Å². The molecule has 6 nitrogen and oxygen atoms in total. The van der Waals surface area contributed by atoms with Crippen LogP contribution >= 0.6 is 0 Å². The summed E-state index contributed by atoms with van der Waals surface area (Å²) in [5, 5.41) is 20.0. The number of carbonyl (C=O) groups is 2. The number of carboxylic acids is 1. The van der Waals surface area contributed by atoms with E-state index in [-0.39, 0.29) is 24.4 Å². The Hall–Kier alpha value is -1.61. The van der Waals surface area contributed by atoms with Crippen molar-refractivity contribution < 1.29 is 14.7 Å². The lowest BCUT2D eigenvalue weighted by atomic mass is 9.92. The monoisotopic (exact) mass is 253 g/mol. The number of nitrogens with zero attached hydrogens (tertiary/aromatic N) is 2. The molecule has 100 valence electrons. The van der Waals surface area contributed by atoms with E-state index in [4.69, 9.17) is 10.4 Å². The zero-order chi connectivity index (χ0) is 13.5. The van der Waals surface area contributed by atoms with Crippen LogP contribution in [0.15, 0.2) is 0 Å². The molecule has 1 rings (SSSR count). The van der Waals surface area contributed by atoms with Crippen molar-refractivity contribution >= 4 is 11.9 Å². The summed E-state index contributed by atoms with van der Waals surface area (Å²) in [6.07, 6.45) is 1.48. The molecule has 0 aliphatic carbocycles. The SMILES string of the molecule is CC1CC(C(=O)O)CCN1CC(=O)NCCC#N. The van der Waals surface area contributed by atoms with Gasteiger partial charge in [0.1, 0.15) is 0 Å². The Morgan fingerprint density at radius 3 is 2.83 bits per heavy atom. The van der Waals surface area contributed by atoms with E-state index in [2.05, 4.69) is 5.32 Å². The maximum Gasteiger partial charge on any atom is 0.306 e. The second-order valence-electron chi connectivity index (χ2n) is 4.64. The number of nitriles is 1. The number of aliphatic carboxylic acids is 1. The van der Waals surface area contributed by atoms with Gasteiger partial charge in [-0.3, -0.25) is 14.5 Å². The third-order valence-corrected chi connectivity index (χ3v) is 3.27. The number of rotatable bonds is 5. The zero-order valence-electron chi connectivity index (χ0n) is 10.6. The van der Waals surface area contributed by atoms with E-state index in [9.17, 15) is 9.59 Å². The van der Waals surface area contributed by atoms with E-state index in [1.807, 2.05) is 17.9 Å². The fraction of sp³-hybridized carbons (Fsp3) is 0.750.